The first-order valence-electron chi connectivity index (χ1n) is 6.67. The van der Waals surface area contributed by atoms with E-state index in [2.05, 4.69) is 10.4 Å². The van der Waals surface area contributed by atoms with Crippen LogP contribution < -0.4 is 5.32 Å². The molecule has 1 amide bonds. The van der Waals surface area contributed by atoms with Gasteiger partial charge in [0, 0.05) is 7.05 Å². The smallest absolute Gasteiger partial charge is 0.335 e. The van der Waals surface area contributed by atoms with Crippen molar-refractivity contribution >= 4 is 17.6 Å². The fourth-order valence-corrected chi connectivity index (χ4v) is 1.92. The number of aromatic carboxylic acids is 1. The molecule has 22 heavy (non-hydrogen) atoms. The van der Waals surface area contributed by atoms with E-state index in [1.807, 2.05) is 13.8 Å². The Labute approximate surface area is 126 Å². The lowest BCUT2D eigenvalue weighted by molar-refractivity contribution is 0.0696. The maximum Gasteiger partial charge on any atom is 0.335 e. The van der Waals surface area contributed by atoms with Crippen LogP contribution in [0.2, 0.25) is 0 Å². The lowest BCUT2D eigenvalue weighted by Gasteiger charge is -2.07. The monoisotopic (exact) mass is 305 g/mol. The fourth-order valence-electron chi connectivity index (χ4n) is 1.92. The first-order valence-corrected chi connectivity index (χ1v) is 6.67. The Hall–Kier alpha value is -2.70. The zero-order chi connectivity index (χ0) is 16.4. The van der Waals surface area contributed by atoms with Crippen molar-refractivity contribution in [3.8, 4) is 0 Å². The number of benzene rings is 1. The fraction of sp³-hybridized carbons (Fsp3) is 0.267. The molecule has 0 bridgehead atoms. The van der Waals surface area contributed by atoms with Crippen LogP contribution in [0.15, 0.2) is 24.3 Å². The molecule has 0 aliphatic carbocycles. The highest BCUT2D eigenvalue weighted by atomic mass is 19.1. The van der Waals surface area contributed by atoms with Gasteiger partial charge in [-0.3, -0.25) is 9.48 Å². The Morgan fingerprint density at radius 3 is 2.55 bits per heavy atom. The number of rotatable bonds is 4. The summed E-state index contributed by atoms with van der Waals surface area (Å²) in [4.78, 5) is 23.1. The summed E-state index contributed by atoms with van der Waals surface area (Å²) in [6.07, 6.45) is 0. The van der Waals surface area contributed by atoms with Gasteiger partial charge in [-0.2, -0.15) is 5.10 Å². The average Bonchev–Trinajstić information content (AvgIpc) is 2.83. The third-order valence-electron chi connectivity index (χ3n) is 3.18. The van der Waals surface area contributed by atoms with E-state index < -0.39 is 17.7 Å². The summed E-state index contributed by atoms with van der Waals surface area (Å²) in [6, 6.07) is 4.84. The zero-order valence-electron chi connectivity index (χ0n) is 12.4. The summed E-state index contributed by atoms with van der Waals surface area (Å²) in [7, 11) is 1.62. The molecule has 0 aliphatic heterocycles. The van der Waals surface area contributed by atoms with Crippen molar-refractivity contribution < 1.29 is 19.1 Å². The van der Waals surface area contributed by atoms with Gasteiger partial charge in [0.1, 0.15) is 11.5 Å². The highest BCUT2D eigenvalue weighted by molar-refractivity contribution is 6.03. The summed E-state index contributed by atoms with van der Waals surface area (Å²) in [5.41, 5.74) is 0.720. The maximum atomic E-state index is 13.7. The van der Waals surface area contributed by atoms with E-state index in [9.17, 15) is 14.0 Å². The normalized spacial score (nSPS) is 10.8. The van der Waals surface area contributed by atoms with Gasteiger partial charge in [0.15, 0.2) is 0 Å². The van der Waals surface area contributed by atoms with Gasteiger partial charge in [0.05, 0.1) is 16.9 Å². The Bertz CT molecular complexity index is 738. The maximum absolute atomic E-state index is 13.7. The number of anilines is 1. The molecule has 116 valence electrons. The largest absolute Gasteiger partial charge is 0.478 e. The van der Waals surface area contributed by atoms with E-state index in [1.54, 1.807) is 13.1 Å². The van der Waals surface area contributed by atoms with E-state index in [-0.39, 0.29) is 22.9 Å². The molecule has 2 N–H and O–H groups in total. The van der Waals surface area contributed by atoms with Crippen LogP contribution in [0.5, 0.6) is 0 Å². The summed E-state index contributed by atoms with van der Waals surface area (Å²) < 4.78 is 15.1. The molecule has 0 fully saturated rings. The first-order chi connectivity index (χ1) is 10.3. The van der Waals surface area contributed by atoms with Gasteiger partial charge in [-0.15, -0.1) is 0 Å². The second kappa shape index (κ2) is 5.97. The van der Waals surface area contributed by atoms with Crippen LogP contribution in [0.4, 0.5) is 10.1 Å². The number of carbonyl (C=O) groups is 2. The number of hydrogen-bond donors (Lipinski definition) is 2. The van der Waals surface area contributed by atoms with Gasteiger partial charge < -0.3 is 10.4 Å². The Kier molecular flexibility index (Phi) is 4.25. The molecule has 2 aromatic rings. The molecular formula is C15H16FN3O3. The summed E-state index contributed by atoms with van der Waals surface area (Å²) in [6.45, 7) is 3.89. The van der Waals surface area contributed by atoms with E-state index >= 15 is 0 Å². The predicted octanol–water partition coefficient (Wildman–Crippen LogP) is 2.63. The van der Waals surface area contributed by atoms with Crippen molar-refractivity contribution in [2.45, 2.75) is 19.8 Å². The molecule has 0 aliphatic rings. The minimum absolute atomic E-state index is 0.107. The lowest BCUT2D eigenvalue weighted by Crippen LogP contribution is -2.17. The molecule has 0 unspecified atom stereocenters. The second-order valence-corrected chi connectivity index (χ2v) is 5.19. The summed E-state index contributed by atoms with van der Waals surface area (Å²) in [5.74, 6) is -2.30. The number of carboxylic acids is 1. The van der Waals surface area contributed by atoms with Crippen LogP contribution >= 0.6 is 0 Å². The minimum Gasteiger partial charge on any atom is -0.478 e. The lowest BCUT2D eigenvalue weighted by atomic mass is 10.1. The standard InChI is InChI=1S/C15H16FN3O3/c1-8(2)11-7-13(19(3)18-11)14(20)17-12-6-9(15(21)22)4-5-10(12)16/h4-8H,1-3H3,(H,17,20)(H,21,22). The number of carbonyl (C=O) groups excluding carboxylic acids is 1. The highest BCUT2D eigenvalue weighted by Gasteiger charge is 2.17. The molecule has 0 radical (unpaired) electrons. The molecule has 1 aromatic carbocycles. The van der Waals surface area contributed by atoms with Crippen molar-refractivity contribution in [3.05, 3.63) is 47.0 Å². The number of aromatic nitrogens is 2. The highest BCUT2D eigenvalue weighted by Crippen LogP contribution is 2.19. The van der Waals surface area contributed by atoms with Crippen LogP contribution in [0, 0.1) is 5.82 Å². The predicted molar refractivity (Wildman–Crippen MR) is 78.6 cm³/mol. The summed E-state index contributed by atoms with van der Waals surface area (Å²) in [5, 5.41) is 15.5. The van der Waals surface area contributed by atoms with E-state index in [0.717, 1.165) is 23.9 Å². The number of nitrogens with zero attached hydrogens (tertiary/aromatic N) is 2. The van der Waals surface area contributed by atoms with Gasteiger partial charge in [0.25, 0.3) is 5.91 Å². The second-order valence-electron chi connectivity index (χ2n) is 5.19. The van der Waals surface area contributed by atoms with Crippen molar-refractivity contribution in [1.82, 2.24) is 9.78 Å². The van der Waals surface area contributed by atoms with Gasteiger partial charge in [-0.25, -0.2) is 9.18 Å². The Balaban J connectivity index is 2.29. The SMILES string of the molecule is CC(C)c1cc(C(=O)Nc2cc(C(=O)O)ccc2F)n(C)n1. The minimum atomic E-state index is -1.20. The molecule has 0 atom stereocenters. The van der Waals surface area contributed by atoms with Crippen molar-refractivity contribution in [1.29, 1.82) is 0 Å². The number of aryl methyl sites for hydroxylation is 1. The van der Waals surface area contributed by atoms with Gasteiger partial charge in [0.2, 0.25) is 0 Å². The van der Waals surface area contributed by atoms with E-state index in [0.29, 0.717) is 0 Å². The third-order valence-corrected chi connectivity index (χ3v) is 3.18. The molecule has 0 saturated carbocycles. The van der Waals surface area contributed by atoms with Crippen molar-refractivity contribution in [3.63, 3.8) is 0 Å². The number of hydrogen-bond acceptors (Lipinski definition) is 3. The molecular weight excluding hydrogens is 289 g/mol. The van der Waals surface area contributed by atoms with Crippen LogP contribution in [0.25, 0.3) is 0 Å². The van der Waals surface area contributed by atoms with E-state index in [1.165, 1.54) is 4.68 Å². The first kappa shape index (κ1) is 15.7. The summed E-state index contributed by atoms with van der Waals surface area (Å²) >= 11 is 0. The van der Waals surface area contributed by atoms with Crippen molar-refractivity contribution in [2.24, 2.45) is 7.05 Å². The molecule has 0 spiro atoms. The molecule has 7 heteroatoms. The average molecular weight is 305 g/mol. The van der Waals surface area contributed by atoms with Crippen LogP contribution in [-0.2, 0) is 7.05 Å². The number of nitrogens with one attached hydrogen (secondary N) is 1. The molecule has 1 heterocycles. The number of halogens is 1. The molecule has 1 aromatic heterocycles. The zero-order valence-corrected chi connectivity index (χ0v) is 12.4. The van der Waals surface area contributed by atoms with Crippen LogP contribution in [-0.4, -0.2) is 26.8 Å². The Morgan fingerprint density at radius 1 is 1.32 bits per heavy atom. The van der Waals surface area contributed by atoms with Crippen LogP contribution in [0.1, 0.15) is 46.3 Å². The molecule has 0 saturated heterocycles. The quantitative estimate of drug-likeness (QED) is 0.909. The Morgan fingerprint density at radius 2 is 2.00 bits per heavy atom. The number of carboxylic acid groups (broad SMARTS) is 1. The van der Waals surface area contributed by atoms with Crippen molar-refractivity contribution in [2.75, 3.05) is 5.32 Å². The van der Waals surface area contributed by atoms with Gasteiger partial charge in [-0.1, -0.05) is 13.8 Å². The van der Waals surface area contributed by atoms with E-state index in [4.69, 9.17) is 5.11 Å². The van der Waals surface area contributed by atoms with Gasteiger partial charge >= 0.3 is 5.97 Å². The third kappa shape index (κ3) is 3.13. The van der Waals surface area contributed by atoms with Crippen LogP contribution in [0.3, 0.4) is 0 Å². The number of amides is 1. The molecule has 2 rings (SSSR count). The topological polar surface area (TPSA) is 84.2 Å². The van der Waals surface area contributed by atoms with Gasteiger partial charge in [-0.05, 0) is 30.2 Å². The molecule has 6 nitrogen and oxygen atoms in total.